The first-order chi connectivity index (χ1) is 14.2. The van der Waals surface area contributed by atoms with Crippen LogP contribution in [0.15, 0.2) is 48.9 Å². The Bertz CT molecular complexity index is 1040. The van der Waals surface area contributed by atoms with E-state index >= 15 is 0 Å². The third-order valence-electron chi connectivity index (χ3n) is 4.67. The van der Waals surface area contributed by atoms with Crippen LogP contribution in [0.25, 0.3) is 11.2 Å². The van der Waals surface area contributed by atoms with Crippen LogP contribution in [0.3, 0.4) is 0 Å². The van der Waals surface area contributed by atoms with Gasteiger partial charge in [0.2, 0.25) is 0 Å². The van der Waals surface area contributed by atoms with Crippen LogP contribution in [0, 0.1) is 0 Å². The van der Waals surface area contributed by atoms with Crippen molar-refractivity contribution in [2.75, 3.05) is 31.6 Å². The fourth-order valence-electron chi connectivity index (χ4n) is 3.19. The molecule has 3 N–H and O–H groups in total. The molecule has 0 atom stereocenters. The lowest BCUT2D eigenvalue weighted by atomic mass is 10.0. The summed E-state index contributed by atoms with van der Waals surface area (Å²) in [6.07, 6.45) is 5.75. The van der Waals surface area contributed by atoms with Gasteiger partial charge in [-0.15, -0.1) is 5.10 Å². The monoisotopic (exact) mass is 392 g/mol. The van der Waals surface area contributed by atoms with Gasteiger partial charge in [0.1, 0.15) is 5.75 Å². The highest BCUT2D eigenvalue weighted by Crippen LogP contribution is 2.31. The average molecular weight is 392 g/mol. The summed E-state index contributed by atoms with van der Waals surface area (Å²) in [4.78, 5) is 16.9. The summed E-state index contributed by atoms with van der Waals surface area (Å²) in [6, 6.07) is 9.68. The smallest absolute Gasteiger partial charge is 0.258 e. The molecular formula is C21H24N6O2. The van der Waals surface area contributed by atoms with Gasteiger partial charge in [-0.25, -0.2) is 9.50 Å². The van der Waals surface area contributed by atoms with Crippen molar-refractivity contribution in [2.24, 2.45) is 0 Å². The topological polar surface area (TPSA) is 92.6 Å². The van der Waals surface area contributed by atoms with Crippen molar-refractivity contribution in [3.05, 3.63) is 60.1 Å². The molecular weight excluding hydrogens is 368 g/mol. The second-order valence-corrected chi connectivity index (χ2v) is 6.69. The number of rotatable bonds is 7. The van der Waals surface area contributed by atoms with E-state index in [1.807, 2.05) is 30.3 Å². The molecule has 2 aromatic heterocycles. The fourth-order valence-corrected chi connectivity index (χ4v) is 3.19. The molecule has 0 bridgehead atoms. The molecule has 8 nitrogen and oxygen atoms in total. The fraction of sp³-hybridized carbons (Fsp3) is 0.286. The summed E-state index contributed by atoms with van der Waals surface area (Å²) < 4.78 is 7.26. The van der Waals surface area contributed by atoms with E-state index in [9.17, 15) is 4.79 Å². The van der Waals surface area contributed by atoms with Crippen molar-refractivity contribution >= 4 is 22.9 Å². The van der Waals surface area contributed by atoms with E-state index in [0.717, 1.165) is 48.8 Å². The average Bonchev–Trinajstić information content (AvgIpc) is 3.17. The molecule has 1 amide bonds. The predicted molar refractivity (Wildman–Crippen MR) is 112 cm³/mol. The molecule has 1 aromatic carbocycles. The maximum Gasteiger partial charge on any atom is 0.258 e. The van der Waals surface area contributed by atoms with E-state index < -0.39 is 0 Å². The summed E-state index contributed by atoms with van der Waals surface area (Å²) in [5, 5.41) is 13.8. The van der Waals surface area contributed by atoms with Gasteiger partial charge >= 0.3 is 0 Å². The first-order valence-corrected chi connectivity index (χ1v) is 9.76. The molecule has 0 fully saturated rings. The molecule has 29 heavy (non-hydrogen) atoms. The molecule has 0 spiro atoms. The Morgan fingerprint density at radius 2 is 2.21 bits per heavy atom. The van der Waals surface area contributed by atoms with Gasteiger partial charge in [-0.2, -0.15) is 0 Å². The summed E-state index contributed by atoms with van der Waals surface area (Å²) in [7, 11) is 0. The lowest BCUT2D eigenvalue weighted by Gasteiger charge is -2.19. The van der Waals surface area contributed by atoms with Crippen LogP contribution in [0.2, 0.25) is 0 Å². The number of carbonyl (C=O) groups is 1. The van der Waals surface area contributed by atoms with Crippen LogP contribution in [-0.2, 0) is 0 Å². The minimum absolute atomic E-state index is 0.229. The standard InChI is InChI=1S/C21H24N6O2/c1-2-22-8-9-23-19-11-20-24-13-16(14-27(20)26-19)21(28)25-12-15-7-10-29-18-6-4-3-5-17(15)18/h3-6,11-14,22H,2,7-10H2,1H3,(H,23,26)(H,25,28)/b15-12+. The third kappa shape index (κ3) is 4.38. The predicted octanol–water partition coefficient (Wildman–Crippen LogP) is 2.30. The highest BCUT2D eigenvalue weighted by atomic mass is 16.5. The number of hydrogen-bond acceptors (Lipinski definition) is 6. The number of para-hydroxylation sites is 1. The molecule has 0 saturated heterocycles. The van der Waals surface area contributed by atoms with Gasteiger partial charge in [0.15, 0.2) is 11.5 Å². The van der Waals surface area contributed by atoms with Crippen LogP contribution < -0.4 is 20.7 Å². The molecule has 0 saturated carbocycles. The summed E-state index contributed by atoms with van der Waals surface area (Å²) in [5.41, 5.74) is 3.18. The normalized spacial score (nSPS) is 14.4. The zero-order valence-electron chi connectivity index (χ0n) is 16.3. The largest absolute Gasteiger partial charge is 0.493 e. The van der Waals surface area contributed by atoms with E-state index in [1.165, 1.54) is 0 Å². The number of likely N-dealkylation sites (N-methyl/N-ethyl adjacent to an activating group) is 1. The van der Waals surface area contributed by atoms with Crippen molar-refractivity contribution in [3.63, 3.8) is 0 Å². The molecule has 0 aliphatic carbocycles. The molecule has 3 heterocycles. The molecule has 0 radical (unpaired) electrons. The molecule has 0 unspecified atom stereocenters. The van der Waals surface area contributed by atoms with E-state index in [-0.39, 0.29) is 5.91 Å². The number of ether oxygens (including phenoxy) is 1. The number of anilines is 1. The molecule has 150 valence electrons. The molecule has 4 rings (SSSR count). The van der Waals surface area contributed by atoms with Gasteiger partial charge in [0.05, 0.1) is 12.2 Å². The Hall–Kier alpha value is -3.39. The Morgan fingerprint density at radius 1 is 1.31 bits per heavy atom. The third-order valence-corrected chi connectivity index (χ3v) is 4.67. The van der Waals surface area contributed by atoms with Crippen LogP contribution >= 0.6 is 0 Å². The van der Waals surface area contributed by atoms with Gasteiger partial charge in [-0.3, -0.25) is 4.79 Å². The van der Waals surface area contributed by atoms with Crippen LogP contribution in [0.4, 0.5) is 5.82 Å². The number of fused-ring (bicyclic) bond motifs is 2. The number of aromatic nitrogens is 3. The number of benzene rings is 1. The minimum Gasteiger partial charge on any atom is -0.493 e. The van der Waals surface area contributed by atoms with Gasteiger partial charge in [0.25, 0.3) is 5.91 Å². The molecule has 8 heteroatoms. The van der Waals surface area contributed by atoms with Crippen molar-refractivity contribution < 1.29 is 9.53 Å². The van der Waals surface area contributed by atoms with Gasteiger partial charge in [-0.05, 0) is 18.2 Å². The molecule has 1 aliphatic rings. The Labute approximate surface area is 169 Å². The van der Waals surface area contributed by atoms with Crippen molar-refractivity contribution in [3.8, 4) is 5.75 Å². The number of carbonyl (C=O) groups excluding carboxylic acids is 1. The quantitative estimate of drug-likeness (QED) is 0.535. The second-order valence-electron chi connectivity index (χ2n) is 6.69. The number of nitrogens with one attached hydrogen (secondary N) is 3. The molecule has 1 aliphatic heterocycles. The lowest BCUT2D eigenvalue weighted by Crippen LogP contribution is -2.21. The number of nitrogens with zero attached hydrogens (tertiary/aromatic N) is 3. The summed E-state index contributed by atoms with van der Waals surface area (Å²) >= 11 is 0. The summed E-state index contributed by atoms with van der Waals surface area (Å²) in [6.45, 7) is 5.22. The van der Waals surface area contributed by atoms with Crippen molar-refractivity contribution in [1.29, 1.82) is 0 Å². The SMILES string of the molecule is CCNCCNc1cc2ncc(C(=O)N/C=C3\CCOc4ccccc43)cn2n1. The Kier molecular flexibility index (Phi) is 5.71. The van der Waals surface area contributed by atoms with Crippen molar-refractivity contribution in [1.82, 2.24) is 25.2 Å². The zero-order valence-corrected chi connectivity index (χ0v) is 16.3. The Morgan fingerprint density at radius 3 is 3.10 bits per heavy atom. The minimum atomic E-state index is -0.229. The first-order valence-electron chi connectivity index (χ1n) is 9.76. The number of amides is 1. The number of hydrogen-bond donors (Lipinski definition) is 3. The summed E-state index contributed by atoms with van der Waals surface area (Å²) in [5.74, 6) is 1.34. The highest BCUT2D eigenvalue weighted by molar-refractivity contribution is 5.95. The van der Waals surface area contributed by atoms with Crippen molar-refractivity contribution in [2.45, 2.75) is 13.3 Å². The van der Waals surface area contributed by atoms with Gasteiger partial charge in [-0.1, -0.05) is 25.1 Å². The first kappa shape index (κ1) is 18.9. The van der Waals surface area contributed by atoms with E-state index in [1.54, 1.807) is 23.1 Å². The van der Waals surface area contributed by atoms with Gasteiger partial charge in [0, 0.05) is 49.7 Å². The van der Waals surface area contributed by atoms with E-state index in [2.05, 4.69) is 33.0 Å². The second kappa shape index (κ2) is 8.74. The maximum absolute atomic E-state index is 12.6. The lowest BCUT2D eigenvalue weighted by molar-refractivity contribution is 0.0969. The Balaban J connectivity index is 1.45. The van der Waals surface area contributed by atoms with E-state index in [4.69, 9.17) is 4.74 Å². The van der Waals surface area contributed by atoms with Gasteiger partial charge < -0.3 is 20.7 Å². The van der Waals surface area contributed by atoms with Crippen LogP contribution in [-0.4, -0.2) is 46.7 Å². The van der Waals surface area contributed by atoms with Crippen LogP contribution in [0.5, 0.6) is 5.75 Å². The highest BCUT2D eigenvalue weighted by Gasteiger charge is 2.15. The van der Waals surface area contributed by atoms with Crippen LogP contribution in [0.1, 0.15) is 29.3 Å². The maximum atomic E-state index is 12.6. The molecule has 3 aromatic rings. The van der Waals surface area contributed by atoms with E-state index in [0.29, 0.717) is 17.8 Å². The zero-order chi connectivity index (χ0) is 20.1.